The topological polar surface area (TPSA) is 90.8 Å². The third-order valence-corrected chi connectivity index (χ3v) is 2.29. The number of nitrogens with zero attached hydrogens (tertiary/aromatic N) is 2. The van der Waals surface area contributed by atoms with Gasteiger partial charge in [0.2, 0.25) is 5.88 Å². The van der Waals surface area contributed by atoms with Crippen LogP contribution in [0.5, 0.6) is 11.9 Å². The molecule has 1 heterocycles. The minimum Gasteiger partial charge on any atom is -0.515 e. The van der Waals surface area contributed by atoms with E-state index in [0.717, 1.165) is 7.11 Å². The van der Waals surface area contributed by atoms with Crippen molar-refractivity contribution in [3.63, 3.8) is 0 Å². The van der Waals surface area contributed by atoms with Gasteiger partial charge in [0.1, 0.15) is 12.2 Å². The molecule has 0 bridgehead atoms. The van der Waals surface area contributed by atoms with Crippen molar-refractivity contribution in [2.24, 2.45) is 0 Å². The molecule has 1 N–H and O–H groups in total. The highest BCUT2D eigenvalue weighted by atomic mass is 19.4. The molecule has 0 spiro atoms. The molecule has 10 heteroatoms. The molecule has 128 valence electrons. The van der Waals surface area contributed by atoms with E-state index in [1.165, 1.54) is 0 Å². The highest BCUT2D eigenvalue weighted by Gasteiger charge is 2.34. The number of esters is 1. The summed E-state index contributed by atoms with van der Waals surface area (Å²) in [6.45, 7) is 2.64. The molecule has 0 unspecified atom stereocenters. The van der Waals surface area contributed by atoms with Crippen molar-refractivity contribution in [2.45, 2.75) is 26.1 Å². The van der Waals surface area contributed by atoms with Gasteiger partial charge >= 0.3 is 18.2 Å². The van der Waals surface area contributed by atoms with Gasteiger partial charge in [0.25, 0.3) is 0 Å². The quantitative estimate of drug-likeness (QED) is 0.484. The normalized spacial score (nSPS) is 12.2. The standard InChI is InChI=1S/C13H15F3N2O5/c1-7(2)23-12-17-9(13(14,15)16)4-10(18-12)22-6-8(5-19)11(20)21-3/h4-5,7,19H,6H2,1-3H3/b8-5-. The van der Waals surface area contributed by atoms with Crippen LogP contribution in [0.3, 0.4) is 0 Å². The molecule has 1 aromatic heterocycles. The number of carbonyl (C=O) groups excluding carboxylic acids is 1. The Hall–Kier alpha value is -2.52. The van der Waals surface area contributed by atoms with E-state index in [9.17, 15) is 18.0 Å². The summed E-state index contributed by atoms with van der Waals surface area (Å²) in [6.07, 6.45) is -4.74. The van der Waals surface area contributed by atoms with E-state index in [0.29, 0.717) is 12.3 Å². The summed E-state index contributed by atoms with van der Waals surface area (Å²) in [7, 11) is 1.08. The van der Waals surface area contributed by atoms with Crippen molar-refractivity contribution in [1.82, 2.24) is 9.97 Å². The molecule has 0 fully saturated rings. The number of ether oxygens (including phenoxy) is 3. The van der Waals surface area contributed by atoms with Crippen LogP contribution in [0.1, 0.15) is 19.5 Å². The van der Waals surface area contributed by atoms with Crippen LogP contribution in [-0.2, 0) is 15.7 Å². The van der Waals surface area contributed by atoms with Crippen molar-refractivity contribution in [3.05, 3.63) is 23.6 Å². The van der Waals surface area contributed by atoms with Crippen molar-refractivity contribution >= 4 is 5.97 Å². The summed E-state index contributed by atoms with van der Waals surface area (Å²) in [4.78, 5) is 18.1. The monoisotopic (exact) mass is 336 g/mol. The Bertz CT molecular complexity index is 587. The number of halogens is 3. The molecular formula is C13H15F3N2O5. The molecule has 0 aliphatic heterocycles. The maximum atomic E-state index is 12.8. The number of methoxy groups -OCH3 is 1. The van der Waals surface area contributed by atoms with E-state index >= 15 is 0 Å². The summed E-state index contributed by atoms with van der Waals surface area (Å²) in [5, 5.41) is 8.88. The van der Waals surface area contributed by atoms with Crippen molar-refractivity contribution in [3.8, 4) is 11.9 Å². The maximum absolute atomic E-state index is 12.8. The minimum absolute atomic E-state index is 0.300. The third-order valence-electron chi connectivity index (χ3n) is 2.29. The zero-order valence-corrected chi connectivity index (χ0v) is 12.5. The first-order chi connectivity index (χ1) is 10.7. The van der Waals surface area contributed by atoms with Gasteiger partial charge in [-0.05, 0) is 13.8 Å². The molecule has 23 heavy (non-hydrogen) atoms. The largest absolute Gasteiger partial charge is 0.515 e. The first-order valence-corrected chi connectivity index (χ1v) is 6.34. The fourth-order valence-corrected chi connectivity index (χ4v) is 1.32. The van der Waals surface area contributed by atoms with Crippen LogP contribution in [-0.4, -0.2) is 40.9 Å². The molecule has 0 aliphatic rings. The Kier molecular flexibility index (Phi) is 6.17. The highest BCUT2D eigenvalue weighted by Crippen LogP contribution is 2.31. The lowest BCUT2D eigenvalue weighted by molar-refractivity contribution is -0.142. The van der Waals surface area contributed by atoms with Gasteiger partial charge in [0.15, 0.2) is 5.69 Å². The number of aromatic nitrogens is 2. The fourth-order valence-electron chi connectivity index (χ4n) is 1.32. The Balaban J connectivity index is 3.03. The van der Waals surface area contributed by atoms with Gasteiger partial charge in [-0.1, -0.05) is 0 Å². The van der Waals surface area contributed by atoms with E-state index in [2.05, 4.69) is 14.7 Å². The van der Waals surface area contributed by atoms with Gasteiger partial charge in [-0.15, -0.1) is 0 Å². The number of carbonyl (C=O) groups is 1. The average Bonchev–Trinajstić information content (AvgIpc) is 2.45. The van der Waals surface area contributed by atoms with Gasteiger partial charge in [0, 0.05) is 6.07 Å². The van der Waals surface area contributed by atoms with Gasteiger partial charge in [-0.2, -0.15) is 23.1 Å². The number of aliphatic hydroxyl groups excluding tert-OH is 1. The molecule has 0 aromatic carbocycles. The van der Waals surface area contributed by atoms with Gasteiger partial charge in [-0.25, -0.2) is 4.79 Å². The van der Waals surface area contributed by atoms with Crippen LogP contribution in [0.15, 0.2) is 17.9 Å². The Morgan fingerprint density at radius 2 is 2.04 bits per heavy atom. The summed E-state index contributed by atoms with van der Waals surface area (Å²) >= 11 is 0. The number of alkyl halides is 3. The molecule has 0 atom stereocenters. The van der Waals surface area contributed by atoms with E-state index in [1.807, 2.05) is 0 Å². The second kappa shape index (κ2) is 7.65. The van der Waals surface area contributed by atoms with Gasteiger partial charge in [-0.3, -0.25) is 0 Å². The molecular weight excluding hydrogens is 321 g/mol. The molecule has 0 radical (unpaired) electrons. The lowest BCUT2D eigenvalue weighted by Crippen LogP contribution is -2.16. The SMILES string of the molecule is COC(=O)/C(=C\O)COc1cc(C(F)(F)F)nc(OC(C)C)n1. The predicted molar refractivity (Wildman–Crippen MR) is 71.0 cm³/mol. The minimum atomic E-state index is -4.73. The van der Waals surface area contributed by atoms with Crippen LogP contribution in [0.2, 0.25) is 0 Å². The first-order valence-electron chi connectivity index (χ1n) is 6.34. The van der Waals surface area contributed by atoms with E-state index < -0.39 is 42.4 Å². The number of aliphatic hydroxyl groups is 1. The third kappa shape index (κ3) is 5.64. The number of hydrogen-bond donors (Lipinski definition) is 1. The van der Waals surface area contributed by atoms with Crippen LogP contribution in [0.25, 0.3) is 0 Å². The van der Waals surface area contributed by atoms with Gasteiger partial charge in [0.05, 0.1) is 19.5 Å². The zero-order chi connectivity index (χ0) is 17.6. The smallest absolute Gasteiger partial charge is 0.433 e. The fraction of sp³-hybridized carbons (Fsp3) is 0.462. The molecule has 1 aromatic rings. The molecule has 1 rings (SSSR count). The Labute approximate surface area is 129 Å². The summed E-state index contributed by atoms with van der Waals surface area (Å²) in [5.74, 6) is -1.36. The molecule has 0 aliphatic carbocycles. The van der Waals surface area contributed by atoms with Crippen LogP contribution in [0.4, 0.5) is 13.2 Å². The summed E-state index contributed by atoms with van der Waals surface area (Å²) in [5.41, 5.74) is -1.56. The Morgan fingerprint density at radius 3 is 2.52 bits per heavy atom. The van der Waals surface area contributed by atoms with Crippen LogP contribution >= 0.6 is 0 Å². The van der Waals surface area contributed by atoms with E-state index in [-0.39, 0.29) is 5.57 Å². The summed E-state index contributed by atoms with van der Waals surface area (Å²) in [6, 6.07) is 0.0387. The lowest BCUT2D eigenvalue weighted by Gasteiger charge is -2.13. The molecule has 0 saturated carbocycles. The molecule has 0 amide bonds. The van der Waals surface area contributed by atoms with Crippen molar-refractivity contribution < 1.29 is 37.3 Å². The van der Waals surface area contributed by atoms with Gasteiger partial charge < -0.3 is 19.3 Å². The highest BCUT2D eigenvalue weighted by molar-refractivity contribution is 5.88. The second-order valence-electron chi connectivity index (χ2n) is 4.47. The molecule has 0 saturated heterocycles. The number of rotatable bonds is 6. The summed E-state index contributed by atoms with van der Waals surface area (Å²) < 4.78 is 52.8. The lowest BCUT2D eigenvalue weighted by atomic mass is 10.3. The molecule has 7 nitrogen and oxygen atoms in total. The predicted octanol–water partition coefficient (Wildman–Crippen LogP) is 2.28. The number of hydrogen-bond acceptors (Lipinski definition) is 7. The maximum Gasteiger partial charge on any atom is 0.433 e. The van der Waals surface area contributed by atoms with Crippen molar-refractivity contribution in [2.75, 3.05) is 13.7 Å². The van der Waals surface area contributed by atoms with E-state index in [4.69, 9.17) is 14.6 Å². The van der Waals surface area contributed by atoms with Crippen LogP contribution < -0.4 is 9.47 Å². The Morgan fingerprint density at radius 1 is 1.39 bits per heavy atom. The van der Waals surface area contributed by atoms with Crippen LogP contribution in [0, 0.1) is 0 Å². The van der Waals surface area contributed by atoms with E-state index in [1.54, 1.807) is 13.8 Å². The average molecular weight is 336 g/mol. The second-order valence-corrected chi connectivity index (χ2v) is 4.47. The first kappa shape index (κ1) is 18.5. The van der Waals surface area contributed by atoms with Crippen molar-refractivity contribution in [1.29, 1.82) is 0 Å². The zero-order valence-electron chi connectivity index (χ0n) is 12.5.